The van der Waals surface area contributed by atoms with E-state index in [1.165, 1.54) is 0 Å². The van der Waals surface area contributed by atoms with Gasteiger partial charge in [-0.3, -0.25) is 9.59 Å². The molecule has 0 fully saturated rings. The molecule has 0 spiro atoms. The number of aromatic nitrogens is 1. The second-order valence-electron chi connectivity index (χ2n) is 5.45. The van der Waals surface area contributed by atoms with Crippen molar-refractivity contribution in [2.45, 2.75) is 13.3 Å². The highest BCUT2D eigenvalue weighted by atomic mass is 35.5. The van der Waals surface area contributed by atoms with Gasteiger partial charge in [-0.15, -0.1) is 0 Å². The molecule has 0 radical (unpaired) electrons. The monoisotopic (exact) mass is 345 g/mol. The molecule has 1 aromatic heterocycles. The Morgan fingerprint density at radius 3 is 3.04 bits per heavy atom. The number of rotatable bonds is 4. The topological polar surface area (TPSA) is 71.5 Å². The van der Waals surface area contributed by atoms with Crippen LogP contribution < -0.4 is 15.0 Å². The molecule has 2 aromatic rings. The van der Waals surface area contributed by atoms with E-state index in [2.05, 4.69) is 10.3 Å². The minimum absolute atomic E-state index is 0.0217. The van der Waals surface area contributed by atoms with Crippen LogP contribution in [0, 0.1) is 6.92 Å². The molecule has 0 unspecified atom stereocenters. The first-order valence-electron chi connectivity index (χ1n) is 7.49. The van der Waals surface area contributed by atoms with Gasteiger partial charge in [0.05, 0.1) is 11.4 Å². The molecule has 2 heterocycles. The number of hydrogen-bond donors (Lipinski definition) is 1. The van der Waals surface area contributed by atoms with Gasteiger partial charge < -0.3 is 15.0 Å². The first-order valence-corrected chi connectivity index (χ1v) is 7.86. The van der Waals surface area contributed by atoms with Crippen LogP contribution in [-0.2, 0) is 9.59 Å². The summed E-state index contributed by atoms with van der Waals surface area (Å²) in [7, 11) is 0. The van der Waals surface area contributed by atoms with Crippen LogP contribution in [0.15, 0.2) is 36.5 Å². The normalized spacial score (nSPS) is 13.2. The molecule has 0 saturated carbocycles. The Morgan fingerprint density at radius 1 is 1.42 bits per heavy atom. The van der Waals surface area contributed by atoms with E-state index in [1.54, 1.807) is 23.2 Å². The second kappa shape index (κ2) is 6.88. The number of anilines is 2. The van der Waals surface area contributed by atoms with Crippen LogP contribution in [0.25, 0.3) is 0 Å². The molecule has 3 rings (SSSR count). The molecule has 7 heteroatoms. The number of hydrogen-bond acceptors (Lipinski definition) is 4. The molecule has 124 valence electrons. The van der Waals surface area contributed by atoms with Crippen LogP contribution in [0.2, 0.25) is 5.15 Å². The summed E-state index contributed by atoms with van der Waals surface area (Å²) in [5.41, 5.74) is 2.16. The molecule has 24 heavy (non-hydrogen) atoms. The summed E-state index contributed by atoms with van der Waals surface area (Å²) in [6, 6.07) is 8.99. The molecule has 0 aliphatic carbocycles. The van der Waals surface area contributed by atoms with E-state index in [4.69, 9.17) is 16.3 Å². The largest absolute Gasteiger partial charge is 0.482 e. The summed E-state index contributed by atoms with van der Waals surface area (Å²) in [5.74, 6) is 0.245. The van der Waals surface area contributed by atoms with E-state index in [0.29, 0.717) is 17.1 Å². The minimum Gasteiger partial charge on any atom is -0.482 e. The van der Waals surface area contributed by atoms with E-state index in [0.717, 1.165) is 5.56 Å². The van der Waals surface area contributed by atoms with Crippen molar-refractivity contribution < 1.29 is 14.3 Å². The van der Waals surface area contributed by atoms with Gasteiger partial charge in [0.2, 0.25) is 5.91 Å². The number of pyridine rings is 1. The van der Waals surface area contributed by atoms with Crippen LogP contribution >= 0.6 is 11.6 Å². The number of ether oxygens (including phenoxy) is 1. The summed E-state index contributed by atoms with van der Waals surface area (Å²) < 4.78 is 5.42. The van der Waals surface area contributed by atoms with Crippen molar-refractivity contribution in [3.8, 4) is 5.75 Å². The van der Waals surface area contributed by atoms with Gasteiger partial charge >= 0.3 is 0 Å². The third kappa shape index (κ3) is 3.49. The Morgan fingerprint density at radius 2 is 2.25 bits per heavy atom. The van der Waals surface area contributed by atoms with E-state index in [9.17, 15) is 9.59 Å². The maximum atomic E-state index is 12.1. The van der Waals surface area contributed by atoms with E-state index in [-0.39, 0.29) is 36.5 Å². The Bertz CT molecular complexity index is 794. The van der Waals surface area contributed by atoms with E-state index in [1.807, 2.05) is 25.1 Å². The van der Waals surface area contributed by atoms with Gasteiger partial charge in [-0.25, -0.2) is 4.98 Å². The Hall–Kier alpha value is -2.60. The van der Waals surface area contributed by atoms with Crippen molar-refractivity contribution in [1.29, 1.82) is 0 Å². The molecule has 1 aliphatic rings. The lowest BCUT2D eigenvalue weighted by atomic mass is 10.1. The average molecular weight is 346 g/mol. The predicted molar refractivity (Wildman–Crippen MR) is 91.5 cm³/mol. The highest BCUT2D eigenvalue weighted by Crippen LogP contribution is 2.32. The standard InChI is InChI=1S/C17H16ClN3O3/c1-11-4-5-14-13(9-11)21(16(23)10-24-14)8-6-15(22)20-12-3-2-7-19-17(12)18/h2-5,7,9H,6,8,10H2,1H3,(H,20,22). The van der Waals surface area contributed by atoms with E-state index < -0.39 is 0 Å². The van der Waals surface area contributed by atoms with Crippen LogP contribution in [0.4, 0.5) is 11.4 Å². The number of amides is 2. The number of carbonyl (C=O) groups is 2. The Labute approximate surface area is 144 Å². The molecule has 6 nitrogen and oxygen atoms in total. The van der Waals surface area contributed by atoms with Crippen LogP contribution in [0.5, 0.6) is 5.75 Å². The number of fused-ring (bicyclic) bond motifs is 1. The van der Waals surface area contributed by atoms with Gasteiger partial charge in [0.1, 0.15) is 5.75 Å². The fraction of sp³-hybridized carbons (Fsp3) is 0.235. The number of halogens is 1. The molecule has 0 saturated heterocycles. The zero-order valence-electron chi connectivity index (χ0n) is 13.1. The third-order valence-corrected chi connectivity index (χ3v) is 3.95. The first-order chi connectivity index (χ1) is 11.5. The Kier molecular flexibility index (Phi) is 4.66. The number of nitrogens with one attached hydrogen (secondary N) is 1. The lowest BCUT2D eigenvalue weighted by molar-refractivity contribution is -0.121. The van der Waals surface area contributed by atoms with Crippen LogP contribution in [0.1, 0.15) is 12.0 Å². The average Bonchev–Trinajstić information content (AvgIpc) is 2.56. The van der Waals surface area contributed by atoms with Crippen molar-refractivity contribution in [1.82, 2.24) is 4.98 Å². The van der Waals surface area contributed by atoms with Gasteiger partial charge in [0.15, 0.2) is 11.8 Å². The lowest BCUT2D eigenvalue weighted by Gasteiger charge is -2.29. The van der Waals surface area contributed by atoms with Gasteiger partial charge in [0, 0.05) is 19.2 Å². The summed E-state index contributed by atoms with van der Waals surface area (Å²) in [6.45, 7) is 2.18. The Balaban J connectivity index is 1.68. The van der Waals surface area contributed by atoms with Crippen molar-refractivity contribution >= 4 is 34.8 Å². The molecule has 1 N–H and O–H groups in total. The second-order valence-corrected chi connectivity index (χ2v) is 5.80. The van der Waals surface area contributed by atoms with Gasteiger partial charge in [-0.1, -0.05) is 17.7 Å². The van der Waals surface area contributed by atoms with Gasteiger partial charge in [-0.2, -0.15) is 0 Å². The van der Waals surface area contributed by atoms with Crippen LogP contribution in [-0.4, -0.2) is 29.9 Å². The van der Waals surface area contributed by atoms with Crippen molar-refractivity contribution in [3.05, 3.63) is 47.2 Å². The molecule has 1 aliphatic heterocycles. The molecule has 1 aromatic carbocycles. The number of aryl methyl sites for hydroxylation is 1. The predicted octanol–water partition coefficient (Wildman–Crippen LogP) is 2.80. The molecule has 0 bridgehead atoms. The number of nitrogens with zero attached hydrogens (tertiary/aromatic N) is 2. The third-order valence-electron chi connectivity index (χ3n) is 3.65. The number of carbonyl (C=O) groups excluding carboxylic acids is 2. The molecular formula is C17H16ClN3O3. The summed E-state index contributed by atoms with van der Waals surface area (Å²) >= 11 is 5.92. The molecule has 0 atom stereocenters. The van der Waals surface area contributed by atoms with Crippen molar-refractivity contribution in [2.24, 2.45) is 0 Å². The minimum atomic E-state index is -0.238. The van der Waals surface area contributed by atoms with Gasteiger partial charge in [0.25, 0.3) is 5.91 Å². The quantitative estimate of drug-likeness (QED) is 0.865. The smallest absolute Gasteiger partial charge is 0.265 e. The van der Waals surface area contributed by atoms with Crippen molar-refractivity contribution in [3.63, 3.8) is 0 Å². The maximum absolute atomic E-state index is 12.1. The molecule has 2 amide bonds. The lowest BCUT2D eigenvalue weighted by Crippen LogP contribution is -2.40. The summed E-state index contributed by atoms with van der Waals surface area (Å²) in [4.78, 5) is 29.7. The van der Waals surface area contributed by atoms with Crippen LogP contribution in [0.3, 0.4) is 0 Å². The maximum Gasteiger partial charge on any atom is 0.265 e. The zero-order chi connectivity index (χ0) is 17.1. The first kappa shape index (κ1) is 16.3. The van der Waals surface area contributed by atoms with E-state index >= 15 is 0 Å². The SMILES string of the molecule is Cc1ccc2c(c1)N(CCC(=O)Nc1cccnc1Cl)C(=O)CO2. The summed E-state index contributed by atoms with van der Waals surface area (Å²) in [5, 5.41) is 2.93. The number of benzene rings is 1. The fourth-order valence-corrected chi connectivity index (χ4v) is 2.63. The highest BCUT2D eigenvalue weighted by molar-refractivity contribution is 6.32. The zero-order valence-corrected chi connectivity index (χ0v) is 13.8. The fourth-order valence-electron chi connectivity index (χ4n) is 2.46. The summed E-state index contributed by atoms with van der Waals surface area (Å²) in [6.07, 6.45) is 1.69. The van der Waals surface area contributed by atoms with Crippen molar-refractivity contribution in [2.75, 3.05) is 23.4 Å². The van der Waals surface area contributed by atoms with Gasteiger partial charge in [-0.05, 0) is 36.8 Å². The molecular weight excluding hydrogens is 330 g/mol. The highest BCUT2D eigenvalue weighted by Gasteiger charge is 2.25.